The number of aromatic nitrogens is 1. The molecule has 0 bridgehead atoms. The minimum absolute atomic E-state index is 0.409. The van der Waals surface area contributed by atoms with Crippen molar-refractivity contribution in [2.24, 2.45) is 0 Å². The van der Waals surface area contributed by atoms with Gasteiger partial charge in [-0.2, -0.15) is 0 Å². The first kappa shape index (κ1) is 13.9. The maximum Gasteiger partial charge on any atom is 0.208 e. The Labute approximate surface area is 102 Å². The highest BCUT2D eigenvalue weighted by atomic mass is 32.2. The summed E-state index contributed by atoms with van der Waals surface area (Å²) in [6.07, 6.45) is 2.68. The lowest BCUT2D eigenvalue weighted by Crippen LogP contribution is -2.24. The Morgan fingerprint density at radius 1 is 1.41 bits per heavy atom. The fourth-order valence-corrected chi connectivity index (χ4v) is 2.30. The Bertz CT molecular complexity index is 503. The first-order chi connectivity index (χ1) is 7.85. The van der Waals surface area contributed by atoms with Gasteiger partial charge in [0.05, 0.1) is 6.26 Å². The number of aryl methyl sites for hydroxylation is 1. The predicted molar refractivity (Wildman–Crippen MR) is 66.8 cm³/mol. The minimum atomic E-state index is -3.11. The summed E-state index contributed by atoms with van der Waals surface area (Å²) in [5.41, 5.74) is 2.64. The van der Waals surface area contributed by atoms with Crippen molar-refractivity contribution in [3.8, 4) is 0 Å². The van der Waals surface area contributed by atoms with Crippen LogP contribution in [0.5, 0.6) is 0 Å². The van der Waals surface area contributed by atoms with E-state index in [4.69, 9.17) is 0 Å². The molecule has 1 aromatic rings. The van der Waals surface area contributed by atoms with Crippen LogP contribution in [-0.2, 0) is 16.6 Å². The second-order valence-electron chi connectivity index (χ2n) is 4.12. The molecule has 0 aliphatic heterocycles. The molecule has 1 aromatic heterocycles. The van der Waals surface area contributed by atoms with Crippen molar-refractivity contribution in [1.29, 1.82) is 0 Å². The third-order valence-electron chi connectivity index (χ3n) is 2.66. The van der Waals surface area contributed by atoms with E-state index < -0.39 is 10.0 Å². The third kappa shape index (κ3) is 3.98. The largest absolute Gasteiger partial charge is 0.348 e. The van der Waals surface area contributed by atoms with E-state index in [1.165, 1.54) is 0 Å². The molecule has 0 unspecified atom stereocenters. The molecule has 17 heavy (non-hydrogen) atoms. The molecular weight excluding hydrogens is 240 g/mol. The zero-order valence-corrected chi connectivity index (χ0v) is 11.2. The SMILES string of the molecule is Cc1cc(C=O)c(C)n1CCCNS(C)(=O)=O. The van der Waals surface area contributed by atoms with Crippen molar-refractivity contribution in [1.82, 2.24) is 9.29 Å². The Morgan fingerprint density at radius 2 is 2.06 bits per heavy atom. The number of carbonyl (C=O) groups is 1. The lowest BCUT2D eigenvalue weighted by Gasteiger charge is -2.09. The molecule has 0 aliphatic rings. The summed E-state index contributed by atoms with van der Waals surface area (Å²) in [6.45, 7) is 4.94. The van der Waals surface area contributed by atoms with E-state index in [-0.39, 0.29) is 0 Å². The lowest BCUT2D eigenvalue weighted by molar-refractivity contribution is 0.112. The van der Waals surface area contributed by atoms with Gasteiger partial charge in [-0.05, 0) is 26.3 Å². The zero-order valence-electron chi connectivity index (χ0n) is 10.4. The molecule has 0 saturated heterocycles. The van der Waals surface area contributed by atoms with Gasteiger partial charge in [-0.1, -0.05) is 0 Å². The van der Waals surface area contributed by atoms with Gasteiger partial charge in [0, 0.05) is 30.0 Å². The Balaban J connectivity index is 2.58. The van der Waals surface area contributed by atoms with Crippen LogP contribution in [0.25, 0.3) is 0 Å². The Hall–Kier alpha value is -1.14. The second kappa shape index (κ2) is 5.46. The maximum absolute atomic E-state index is 10.9. The highest BCUT2D eigenvalue weighted by molar-refractivity contribution is 7.88. The van der Waals surface area contributed by atoms with Crippen LogP contribution in [0.3, 0.4) is 0 Å². The van der Waals surface area contributed by atoms with E-state index >= 15 is 0 Å². The minimum Gasteiger partial charge on any atom is -0.348 e. The van der Waals surface area contributed by atoms with E-state index in [1.807, 2.05) is 24.5 Å². The second-order valence-corrected chi connectivity index (χ2v) is 5.95. The van der Waals surface area contributed by atoms with Crippen molar-refractivity contribution in [3.63, 3.8) is 0 Å². The van der Waals surface area contributed by atoms with Gasteiger partial charge in [0.25, 0.3) is 0 Å². The number of rotatable bonds is 6. The molecule has 5 nitrogen and oxygen atoms in total. The molecule has 1 N–H and O–H groups in total. The zero-order chi connectivity index (χ0) is 13.1. The van der Waals surface area contributed by atoms with Gasteiger partial charge in [-0.25, -0.2) is 13.1 Å². The maximum atomic E-state index is 10.9. The fourth-order valence-electron chi connectivity index (χ4n) is 1.79. The normalized spacial score (nSPS) is 11.7. The summed E-state index contributed by atoms with van der Waals surface area (Å²) in [5.74, 6) is 0. The molecule has 1 heterocycles. The van der Waals surface area contributed by atoms with Crippen LogP contribution in [0.15, 0.2) is 6.07 Å². The molecule has 0 saturated carbocycles. The standard InChI is InChI=1S/C11H18N2O3S/c1-9-7-11(8-14)10(2)13(9)6-4-5-12-17(3,15)16/h7-8,12H,4-6H2,1-3H3. The number of sulfonamides is 1. The lowest BCUT2D eigenvalue weighted by atomic mass is 10.3. The van der Waals surface area contributed by atoms with Crippen LogP contribution in [0.1, 0.15) is 28.2 Å². The van der Waals surface area contributed by atoms with Crippen LogP contribution < -0.4 is 4.72 Å². The highest BCUT2D eigenvalue weighted by Crippen LogP contribution is 2.13. The fraction of sp³-hybridized carbons (Fsp3) is 0.545. The van der Waals surface area contributed by atoms with Crippen LogP contribution in [0.4, 0.5) is 0 Å². The predicted octanol–water partition coefficient (Wildman–Crippen LogP) is 0.857. The van der Waals surface area contributed by atoms with E-state index in [1.54, 1.807) is 0 Å². The summed E-state index contributed by atoms with van der Waals surface area (Å²) in [4.78, 5) is 10.7. The molecule has 0 radical (unpaired) electrons. The molecule has 0 spiro atoms. The average molecular weight is 258 g/mol. The van der Waals surface area contributed by atoms with Gasteiger partial charge < -0.3 is 4.57 Å². The van der Waals surface area contributed by atoms with E-state index in [0.717, 1.165) is 23.9 Å². The summed E-state index contributed by atoms with van der Waals surface area (Å²) >= 11 is 0. The number of nitrogens with zero attached hydrogens (tertiary/aromatic N) is 1. The van der Waals surface area contributed by atoms with Crippen LogP contribution in [0.2, 0.25) is 0 Å². The Kier molecular flexibility index (Phi) is 4.47. The van der Waals surface area contributed by atoms with Crippen molar-refractivity contribution in [2.75, 3.05) is 12.8 Å². The molecule has 0 aliphatic carbocycles. The van der Waals surface area contributed by atoms with E-state index in [0.29, 0.717) is 25.1 Å². The summed E-state index contributed by atoms with van der Waals surface area (Å²) in [6, 6.07) is 1.84. The van der Waals surface area contributed by atoms with Crippen molar-refractivity contribution in [2.45, 2.75) is 26.8 Å². The van der Waals surface area contributed by atoms with Gasteiger partial charge in [-0.15, -0.1) is 0 Å². The van der Waals surface area contributed by atoms with Gasteiger partial charge in [0.15, 0.2) is 6.29 Å². The van der Waals surface area contributed by atoms with E-state index in [2.05, 4.69) is 4.72 Å². The van der Waals surface area contributed by atoms with Crippen LogP contribution >= 0.6 is 0 Å². The number of hydrogen-bond donors (Lipinski definition) is 1. The van der Waals surface area contributed by atoms with Gasteiger partial charge in [0.2, 0.25) is 10.0 Å². The van der Waals surface area contributed by atoms with Crippen molar-refractivity contribution < 1.29 is 13.2 Å². The molecule has 6 heteroatoms. The highest BCUT2D eigenvalue weighted by Gasteiger charge is 2.08. The summed E-state index contributed by atoms with van der Waals surface area (Å²) in [5, 5.41) is 0. The number of nitrogens with one attached hydrogen (secondary N) is 1. The number of carbonyl (C=O) groups excluding carboxylic acids is 1. The molecular formula is C11H18N2O3S. The first-order valence-electron chi connectivity index (χ1n) is 5.41. The average Bonchev–Trinajstić information content (AvgIpc) is 2.48. The van der Waals surface area contributed by atoms with Gasteiger partial charge >= 0.3 is 0 Å². The molecule has 96 valence electrons. The third-order valence-corrected chi connectivity index (χ3v) is 3.39. The summed E-state index contributed by atoms with van der Waals surface area (Å²) < 4.78 is 26.2. The summed E-state index contributed by atoms with van der Waals surface area (Å²) in [7, 11) is -3.11. The number of aldehydes is 1. The topological polar surface area (TPSA) is 68.2 Å². The number of hydrogen-bond acceptors (Lipinski definition) is 3. The Morgan fingerprint density at radius 3 is 2.53 bits per heavy atom. The monoisotopic (exact) mass is 258 g/mol. The van der Waals surface area contributed by atoms with Gasteiger partial charge in [0.1, 0.15) is 0 Å². The first-order valence-corrected chi connectivity index (χ1v) is 7.31. The molecule has 0 amide bonds. The van der Waals surface area contributed by atoms with Crippen molar-refractivity contribution in [3.05, 3.63) is 23.0 Å². The van der Waals surface area contributed by atoms with Crippen LogP contribution in [0, 0.1) is 13.8 Å². The molecule has 0 atom stereocenters. The van der Waals surface area contributed by atoms with E-state index in [9.17, 15) is 13.2 Å². The quantitative estimate of drug-likeness (QED) is 0.608. The molecule has 1 rings (SSSR count). The van der Waals surface area contributed by atoms with Crippen molar-refractivity contribution >= 4 is 16.3 Å². The molecule has 0 aromatic carbocycles. The van der Waals surface area contributed by atoms with Crippen LogP contribution in [-0.4, -0.2) is 32.1 Å². The smallest absolute Gasteiger partial charge is 0.208 e. The van der Waals surface area contributed by atoms with Gasteiger partial charge in [-0.3, -0.25) is 4.79 Å². The molecule has 0 fully saturated rings.